The first-order valence-corrected chi connectivity index (χ1v) is 36.9. The Bertz CT molecular complexity index is 1370. The molecule has 0 spiro atoms. The van der Waals surface area contributed by atoms with E-state index < -0.39 is 12.1 Å². The van der Waals surface area contributed by atoms with Gasteiger partial charge in [-0.2, -0.15) is 0 Å². The quantitative estimate of drug-likeness (QED) is 0.0320. The average molecular weight is 1150 g/mol. The smallest absolute Gasteiger partial charge is 0.305 e. The molecule has 0 heterocycles. The first kappa shape index (κ1) is 79.8. The molecule has 0 aliphatic rings. The summed E-state index contributed by atoms with van der Waals surface area (Å²) in [5.74, 6) is -0.0378. The van der Waals surface area contributed by atoms with Gasteiger partial charge in [0.05, 0.1) is 25.4 Å². The summed E-state index contributed by atoms with van der Waals surface area (Å²) < 4.78 is 5.50. The van der Waals surface area contributed by atoms with Gasteiger partial charge in [0.15, 0.2) is 0 Å². The van der Waals surface area contributed by atoms with E-state index in [2.05, 4.69) is 67.8 Å². The molecule has 0 saturated carbocycles. The second-order valence-electron chi connectivity index (χ2n) is 25.3. The van der Waals surface area contributed by atoms with Crippen LogP contribution in [0.15, 0.2) is 48.6 Å². The Morgan fingerprint density at radius 3 is 0.951 bits per heavy atom. The predicted octanol–water partition coefficient (Wildman–Crippen LogP) is 24.0. The number of hydrogen-bond acceptors (Lipinski definition) is 5. The third kappa shape index (κ3) is 67.0. The van der Waals surface area contributed by atoms with Crippen LogP contribution < -0.4 is 5.32 Å². The number of ether oxygens (including phenoxy) is 1. The maximum Gasteiger partial charge on any atom is 0.305 e. The summed E-state index contributed by atoms with van der Waals surface area (Å²) in [5.41, 5.74) is 0. The Morgan fingerprint density at radius 1 is 0.341 bits per heavy atom. The summed E-state index contributed by atoms with van der Waals surface area (Å²) in [7, 11) is 0. The van der Waals surface area contributed by atoms with E-state index in [1.807, 2.05) is 0 Å². The maximum atomic E-state index is 12.6. The van der Waals surface area contributed by atoms with Gasteiger partial charge in [-0.05, 0) is 89.9 Å². The molecule has 0 radical (unpaired) electrons. The molecular weight excluding hydrogens is 1010 g/mol. The summed E-state index contributed by atoms with van der Waals surface area (Å²) in [5, 5.41) is 23.4. The number of aliphatic hydroxyl groups is 2. The lowest BCUT2D eigenvalue weighted by atomic mass is 10.0. The van der Waals surface area contributed by atoms with E-state index in [0.717, 1.165) is 64.2 Å². The van der Waals surface area contributed by atoms with Crippen LogP contribution in [0.1, 0.15) is 399 Å². The van der Waals surface area contributed by atoms with Crippen LogP contribution >= 0.6 is 0 Å². The van der Waals surface area contributed by atoms with Gasteiger partial charge in [0.1, 0.15) is 0 Å². The van der Waals surface area contributed by atoms with Crippen LogP contribution in [0, 0.1) is 0 Å². The topological polar surface area (TPSA) is 95.9 Å². The van der Waals surface area contributed by atoms with Crippen LogP contribution in [0.3, 0.4) is 0 Å². The molecule has 0 aliphatic heterocycles. The van der Waals surface area contributed by atoms with Gasteiger partial charge >= 0.3 is 5.97 Å². The Kier molecular flexibility index (Phi) is 69.4. The number of amides is 1. The van der Waals surface area contributed by atoms with E-state index in [-0.39, 0.29) is 18.5 Å². The van der Waals surface area contributed by atoms with Gasteiger partial charge in [-0.3, -0.25) is 9.59 Å². The van der Waals surface area contributed by atoms with Gasteiger partial charge in [-0.25, -0.2) is 0 Å². The van der Waals surface area contributed by atoms with E-state index in [1.165, 1.54) is 302 Å². The molecule has 3 N–H and O–H groups in total. The van der Waals surface area contributed by atoms with Gasteiger partial charge < -0.3 is 20.3 Å². The summed E-state index contributed by atoms with van der Waals surface area (Å²) >= 11 is 0. The zero-order valence-electron chi connectivity index (χ0n) is 55.2. The highest BCUT2D eigenvalue weighted by Gasteiger charge is 2.20. The fraction of sp³-hybridized carbons (Fsp3) is 0.868. The molecule has 0 aromatic rings. The Balaban J connectivity index is 3.44. The van der Waals surface area contributed by atoms with Gasteiger partial charge in [-0.1, -0.05) is 345 Å². The van der Waals surface area contributed by atoms with Crippen LogP contribution in [-0.2, 0) is 14.3 Å². The van der Waals surface area contributed by atoms with Crippen LogP contribution in [0.4, 0.5) is 0 Å². The molecule has 2 unspecified atom stereocenters. The second kappa shape index (κ2) is 71.3. The molecule has 0 rings (SSSR count). The van der Waals surface area contributed by atoms with Crippen molar-refractivity contribution >= 4 is 11.9 Å². The van der Waals surface area contributed by atoms with E-state index in [1.54, 1.807) is 0 Å². The van der Waals surface area contributed by atoms with Gasteiger partial charge in [-0.15, -0.1) is 0 Å². The number of unbranched alkanes of at least 4 members (excludes halogenated alkanes) is 50. The Hall–Kier alpha value is -2.18. The van der Waals surface area contributed by atoms with E-state index in [9.17, 15) is 19.8 Å². The largest absolute Gasteiger partial charge is 0.466 e. The first-order chi connectivity index (χ1) is 40.5. The van der Waals surface area contributed by atoms with Gasteiger partial charge in [0.2, 0.25) is 5.91 Å². The number of rotatable bonds is 69. The minimum atomic E-state index is -0.673. The number of aliphatic hydroxyl groups excluding tert-OH is 2. The number of nitrogens with one attached hydrogen (secondary N) is 1. The average Bonchev–Trinajstić information content (AvgIpc) is 3.48. The monoisotopic (exact) mass is 1150 g/mol. The molecule has 0 fully saturated rings. The van der Waals surface area contributed by atoms with Gasteiger partial charge in [0, 0.05) is 12.8 Å². The molecule has 0 saturated heterocycles. The van der Waals surface area contributed by atoms with E-state index >= 15 is 0 Å². The molecule has 0 bridgehead atoms. The van der Waals surface area contributed by atoms with Crippen molar-refractivity contribution < 1.29 is 24.5 Å². The van der Waals surface area contributed by atoms with Crippen LogP contribution in [0.2, 0.25) is 0 Å². The Morgan fingerprint density at radius 2 is 0.610 bits per heavy atom. The molecule has 0 aromatic carbocycles. The maximum absolute atomic E-state index is 12.6. The van der Waals surface area contributed by atoms with Crippen molar-refractivity contribution in [1.29, 1.82) is 0 Å². The molecule has 6 heteroatoms. The van der Waals surface area contributed by atoms with Crippen molar-refractivity contribution in [2.24, 2.45) is 0 Å². The number of carbonyl (C=O) groups is 2. The summed E-state index contributed by atoms with van der Waals surface area (Å²) in [6.45, 7) is 4.95. The molecule has 1 amide bonds. The fourth-order valence-electron chi connectivity index (χ4n) is 11.5. The van der Waals surface area contributed by atoms with Crippen molar-refractivity contribution in [2.75, 3.05) is 13.2 Å². The number of esters is 1. The zero-order chi connectivity index (χ0) is 59.2. The van der Waals surface area contributed by atoms with Crippen LogP contribution in [-0.4, -0.2) is 47.4 Å². The second-order valence-corrected chi connectivity index (χ2v) is 25.3. The lowest BCUT2D eigenvalue weighted by Gasteiger charge is -2.22. The number of allylic oxidation sites excluding steroid dienone is 8. The third-order valence-corrected chi connectivity index (χ3v) is 17.1. The number of hydrogen-bond donors (Lipinski definition) is 3. The molecule has 6 nitrogen and oxygen atoms in total. The highest BCUT2D eigenvalue weighted by molar-refractivity contribution is 5.76. The molecule has 482 valence electrons. The van der Waals surface area contributed by atoms with Crippen molar-refractivity contribution in [3.8, 4) is 0 Å². The Labute approximate surface area is 512 Å². The standard InChI is InChI=1S/C76H143NO5/c1-3-5-7-9-11-13-15-17-19-21-23-24-26-29-33-36-40-44-48-52-56-60-64-68-74(79)73(72-78)77-75(80)69-65-61-57-53-49-45-41-37-34-30-27-25-28-31-35-39-43-47-51-55-59-63-67-71-82-76(81)70-66-62-58-54-50-46-42-38-32-22-20-18-16-14-12-10-8-6-4-2/h12,14,18,20,25,28,30,34,73-74,78-79H,3-11,13,15-17,19,21-24,26-27,29,31-33,35-72H2,1-2H3,(H,77,80)/b14-12-,20-18-,28-25-,34-30-. The summed E-state index contributed by atoms with van der Waals surface area (Å²) in [4.78, 5) is 24.7. The van der Waals surface area contributed by atoms with Crippen molar-refractivity contribution in [3.63, 3.8) is 0 Å². The molecule has 0 aliphatic carbocycles. The first-order valence-electron chi connectivity index (χ1n) is 36.9. The van der Waals surface area contributed by atoms with Crippen molar-refractivity contribution in [3.05, 3.63) is 48.6 Å². The lowest BCUT2D eigenvalue weighted by Crippen LogP contribution is -2.45. The van der Waals surface area contributed by atoms with E-state index in [4.69, 9.17) is 4.74 Å². The minimum Gasteiger partial charge on any atom is -0.466 e. The normalized spacial score (nSPS) is 12.8. The predicted molar refractivity (Wildman–Crippen MR) is 361 cm³/mol. The van der Waals surface area contributed by atoms with Crippen molar-refractivity contribution in [2.45, 2.75) is 411 Å². The summed E-state index contributed by atoms with van der Waals surface area (Å²) in [6, 6.07) is -0.552. The SMILES string of the molecule is CCCCC/C=C\C/C=C\CCCCCCCCCCCC(=O)OCCCCCCCCCCC/C=C\C/C=C\CCCCCCCCCC(=O)NC(CO)C(O)CCCCCCCCCCCCCCCCCCCCCCCCC. The molecule has 0 aromatic heterocycles. The molecule has 82 heavy (non-hydrogen) atoms. The number of carbonyl (C=O) groups excluding carboxylic acids is 2. The van der Waals surface area contributed by atoms with Gasteiger partial charge in [0.25, 0.3) is 0 Å². The fourth-order valence-corrected chi connectivity index (χ4v) is 11.5. The van der Waals surface area contributed by atoms with Crippen LogP contribution in [0.5, 0.6) is 0 Å². The van der Waals surface area contributed by atoms with Crippen LogP contribution in [0.25, 0.3) is 0 Å². The highest BCUT2D eigenvalue weighted by Crippen LogP contribution is 2.19. The highest BCUT2D eigenvalue weighted by atomic mass is 16.5. The summed E-state index contributed by atoms with van der Waals surface area (Å²) in [6.07, 6.45) is 93.0. The molecular formula is C76H143NO5. The zero-order valence-corrected chi connectivity index (χ0v) is 55.2. The molecule has 2 atom stereocenters. The minimum absolute atomic E-state index is 0.00385. The van der Waals surface area contributed by atoms with E-state index in [0.29, 0.717) is 25.9 Å². The van der Waals surface area contributed by atoms with Crippen molar-refractivity contribution in [1.82, 2.24) is 5.32 Å². The third-order valence-electron chi connectivity index (χ3n) is 17.1. The lowest BCUT2D eigenvalue weighted by molar-refractivity contribution is -0.143.